The van der Waals surface area contributed by atoms with Crippen LogP contribution in [-0.4, -0.2) is 57.7 Å². The molecule has 1 aliphatic carbocycles. The zero-order valence-corrected chi connectivity index (χ0v) is 18.7. The standard InChI is InChI=1S/C18H32N6O2.HI/c1-3-19-17(20-13-18(25)9-5-4-6-10-18)21-14-7-8-16-22-15(12-26-2)23-24(16)11-14;/h14,25H,3-13H2,1-2H3,(H2,19,20,21);1H. The van der Waals surface area contributed by atoms with Crippen molar-refractivity contribution < 1.29 is 9.84 Å². The molecular formula is C18H33IN6O2. The van der Waals surface area contributed by atoms with E-state index >= 15 is 0 Å². The molecule has 0 aromatic carbocycles. The van der Waals surface area contributed by atoms with Crippen LogP contribution < -0.4 is 10.6 Å². The van der Waals surface area contributed by atoms with E-state index in [0.717, 1.165) is 69.2 Å². The highest BCUT2D eigenvalue weighted by Gasteiger charge is 2.29. The van der Waals surface area contributed by atoms with Gasteiger partial charge in [0, 0.05) is 26.1 Å². The van der Waals surface area contributed by atoms with E-state index < -0.39 is 5.60 Å². The molecule has 9 heteroatoms. The molecule has 1 aliphatic heterocycles. The molecule has 3 N–H and O–H groups in total. The second-order valence-electron chi connectivity index (χ2n) is 7.42. The van der Waals surface area contributed by atoms with Crippen molar-refractivity contribution in [2.45, 2.75) is 76.7 Å². The summed E-state index contributed by atoms with van der Waals surface area (Å²) in [6, 6.07) is 0.249. The normalized spacial score (nSPS) is 21.9. The topological polar surface area (TPSA) is 96.6 Å². The average Bonchev–Trinajstić information content (AvgIpc) is 3.03. The van der Waals surface area contributed by atoms with Crippen molar-refractivity contribution in [2.24, 2.45) is 4.99 Å². The van der Waals surface area contributed by atoms with Crippen LogP contribution in [0.15, 0.2) is 4.99 Å². The lowest BCUT2D eigenvalue weighted by atomic mass is 9.85. The maximum absolute atomic E-state index is 10.7. The summed E-state index contributed by atoms with van der Waals surface area (Å²) in [5, 5.41) is 22.0. The number of rotatable bonds is 6. The van der Waals surface area contributed by atoms with Gasteiger partial charge < -0.3 is 20.5 Å². The van der Waals surface area contributed by atoms with Gasteiger partial charge in [-0.3, -0.25) is 4.99 Å². The number of aliphatic hydroxyl groups is 1. The van der Waals surface area contributed by atoms with E-state index in [2.05, 4.69) is 32.6 Å². The number of halogens is 1. The van der Waals surface area contributed by atoms with Gasteiger partial charge in [-0.2, -0.15) is 5.10 Å². The van der Waals surface area contributed by atoms with Gasteiger partial charge in [-0.1, -0.05) is 19.3 Å². The zero-order chi connectivity index (χ0) is 18.4. The van der Waals surface area contributed by atoms with Gasteiger partial charge in [-0.25, -0.2) is 9.67 Å². The zero-order valence-electron chi connectivity index (χ0n) is 16.4. The molecule has 2 heterocycles. The number of hydrogen-bond acceptors (Lipinski definition) is 5. The van der Waals surface area contributed by atoms with Crippen LogP contribution in [0.2, 0.25) is 0 Å². The molecule has 1 atom stereocenters. The highest BCUT2D eigenvalue weighted by atomic mass is 127. The Morgan fingerprint density at radius 1 is 1.37 bits per heavy atom. The number of nitrogens with zero attached hydrogens (tertiary/aromatic N) is 4. The minimum atomic E-state index is -0.638. The number of aromatic nitrogens is 3. The monoisotopic (exact) mass is 492 g/mol. The molecule has 1 unspecified atom stereocenters. The van der Waals surface area contributed by atoms with Crippen LogP contribution in [0, 0.1) is 0 Å². The Morgan fingerprint density at radius 3 is 2.85 bits per heavy atom. The van der Waals surface area contributed by atoms with Gasteiger partial charge >= 0.3 is 0 Å². The Bertz CT molecular complexity index is 615. The molecule has 1 aromatic rings. The van der Waals surface area contributed by atoms with Crippen LogP contribution in [0.1, 0.15) is 57.1 Å². The number of guanidine groups is 1. The molecule has 3 rings (SSSR count). The summed E-state index contributed by atoms with van der Waals surface area (Å²) in [6.07, 6.45) is 6.98. The van der Waals surface area contributed by atoms with Crippen LogP contribution in [-0.2, 0) is 24.3 Å². The van der Waals surface area contributed by atoms with Gasteiger partial charge in [0.25, 0.3) is 0 Å². The number of nitrogens with one attached hydrogen (secondary N) is 2. The third-order valence-electron chi connectivity index (χ3n) is 5.18. The van der Waals surface area contributed by atoms with E-state index in [4.69, 9.17) is 4.74 Å². The number of hydrogen-bond donors (Lipinski definition) is 3. The number of fused-ring (bicyclic) bond motifs is 1. The summed E-state index contributed by atoms with van der Waals surface area (Å²) in [5.41, 5.74) is -0.638. The number of ether oxygens (including phenoxy) is 1. The maximum Gasteiger partial charge on any atom is 0.191 e. The van der Waals surface area contributed by atoms with Crippen molar-refractivity contribution >= 4 is 29.9 Å². The molecule has 0 radical (unpaired) electrons. The van der Waals surface area contributed by atoms with Crippen molar-refractivity contribution in [1.82, 2.24) is 25.4 Å². The minimum Gasteiger partial charge on any atom is -0.388 e. The first-order chi connectivity index (χ1) is 12.6. The predicted octanol–water partition coefficient (Wildman–Crippen LogP) is 1.61. The Morgan fingerprint density at radius 2 is 2.15 bits per heavy atom. The molecule has 2 aliphatic rings. The summed E-state index contributed by atoms with van der Waals surface area (Å²) in [5.74, 6) is 2.54. The van der Waals surface area contributed by atoms with Gasteiger partial charge in [-0.15, -0.1) is 24.0 Å². The van der Waals surface area contributed by atoms with E-state index in [9.17, 15) is 5.11 Å². The first-order valence-corrected chi connectivity index (χ1v) is 9.80. The SMILES string of the molecule is CCNC(=NCC1(O)CCCCC1)NC1CCc2nc(COC)nn2C1.I. The second kappa shape index (κ2) is 10.6. The fourth-order valence-corrected chi connectivity index (χ4v) is 3.78. The molecule has 0 spiro atoms. The third kappa shape index (κ3) is 6.28. The Kier molecular flexibility index (Phi) is 8.74. The lowest BCUT2D eigenvalue weighted by Gasteiger charge is -2.31. The van der Waals surface area contributed by atoms with Crippen molar-refractivity contribution in [3.05, 3.63) is 11.6 Å². The van der Waals surface area contributed by atoms with Gasteiger partial charge in [0.05, 0.1) is 18.7 Å². The average molecular weight is 492 g/mol. The molecule has 8 nitrogen and oxygen atoms in total. The van der Waals surface area contributed by atoms with Crippen LogP contribution in [0.3, 0.4) is 0 Å². The Hall–Kier alpha value is -0.940. The van der Waals surface area contributed by atoms with Crippen LogP contribution >= 0.6 is 24.0 Å². The second-order valence-corrected chi connectivity index (χ2v) is 7.42. The first kappa shape index (κ1) is 22.4. The molecule has 154 valence electrons. The smallest absolute Gasteiger partial charge is 0.191 e. The summed E-state index contributed by atoms with van der Waals surface area (Å²) >= 11 is 0. The van der Waals surface area contributed by atoms with Crippen molar-refractivity contribution in [3.8, 4) is 0 Å². The molecular weight excluding hydrogens is 459 g/mol. The quantitative estimate of drug-likeness (QED) is 0.317. The Labute approximate surface area is 178 Å². The fraction of sp³-hybridized carbons (Fsp3) is 0.833. The van der Waals surface area contributed by atoms with Gasteiger partial charge in [0.2, 0.25) is 0 Å². The van der Waals surface area contributed by atoms with E-state index in [1.54, 1.807) is 7.11 Å². The number of aliphatic imine (C=N–C) groups is 1. The number of methoxy groups -OCH3 is 1. The van der Waals surface area contributed by atoms with Crippen molar-refractivity contribution in [2.75, 3.05) is 20.2 Å². The summed E-state index contributed by atoms with van der Waals surface area (Å²) in [4.78, 5) is 9.19. The molecule has 0 bridgehead atoms. The minimum absolute atomic E-state index is 0. The predicted molar refractivity (Wildman–Crippen MR) is 115 cm³/mol. The van der Waals surface area contributed by atoms with Gasteiger partial charge in [0.15, 0.2) is 11.8 Å². The van der Waals surface area contributed by atoms with Crippen LogP contribution in [0.5, 0.6) is 0 Å². The number of aryl methyl sites for hydroxylation is 1. The van der Waals surface area contributed by atoms with Gasteiger partial charge in [-0.05, 0) is 26.2 Å². The largest absolute Gasteiger partial charge is 0.388 e. The van der Waals surface area contributed by atoms with Crippen molar-refractivity contribution in [1.29, 1.82) is 0 Å². The Balaban J connectivity index is 0.00000261. The molecule has 1 saturated carbocycles. The fourth-order valence-electron chi connectivity index (χ4n) is 3.78. The lowest BCUT2D eigenvalue weighted by Crippen LogP contribution is -2.48. The van der Waals surface area contributed by atoms with E-state index in [-0.39, 0.29) is 30.0 Å². The molecule has 27 heavy (non-hydrogen) atoms. The molecule has 1 fully saturated rings. The third-order valence-corrected chi connectivity index (χ3v) is 5.18. The maximum atomic E-state index is 10.7. The molecule has 0 amide bonds. The summed E-state index contributed by atoms with van der Waals surface area (Å²) in [7, 11) is 1.66. The highest BCUT2D eigenvalue weighted by Crippen LogP contribution is 2.28. The van der Waals surface area contributed by atoms with E-state index in [0.29, 0.717) is 13.2 Å². The van der Waals surface area contributed by atoms with Gasteiger partial charge in [0.1, 0.15) is 12.4 Å². The summed E-state index contributed by atoms with van der Waals surface area (Å²) < 4.78 is 7.09. The summed E-state index contributed by atoms with van der Waals surface area (Å²) in [6.45, 7) is 4.52. The highest BCUT2D eigenvalue weighted by molar-refractivity contribution is 14.0. The first-order valence-electron chi connectivity index (χ1n) is 9.80. The van der Waals surface area contributed by atoms with E-state index in [1.165, 1.54) is 6.42 Å². The van der Waals surface area contributed by atoms with Crippen LogP contribution in [0.25, 0.3) is 0 Å². The molecule has 0 saturated heterocycles. The lowest BCUT2D eigenvalue weighted by molar-refractivity contribution is 0.0131. The molecule has 1 aromatic heterocycles. The van der Waals surface area contributed by atoms with Crippen molar-refractivity contribution in [3.63, 3.8) is 0 Å². The van der Waals surface area contributed by atoms with Crippen LogP contribution in [0.4, 0.5) is 0 Å². The van der Waals surface area contributed by atoms with E-state index in [1.807, 2.05) is 4.68 Å².